The highest BCUT2D eigenvalue weighted by molar-refractivity contribution is 5.84. The fourth-order valence-electron chi connectivity index (χ4n) is 1.16. The van der Waals surface area contributed by atoms with Crippen molar-refractivity contribution in [3.05, 3.63) is 29.8 Å². The van der Waals surface area contributed by atoms with Gasteiger partial charge in [-0.1, -0.05) is 19.1 Å². The molecule has 0 fully saturated rings. The highest BCUT2D eigenvalue weighted by atomic mass is 16.5. The largest absolute Gasteiger partial charge is 0.491 e. The van der Waals surface area contributed by atoms with E-state index in [0.29, 0.717) is 5.75 Å². The van der Waals surface area contributed by atoms with Crippen LogP contribution in [-0.2, 0) is 11.2 Å². The van der Waals surface area contributed by atoms with Gasteiger partial charge in [0.1, 0.15) is 17.9 Å². The van der Waals surface area contributed by atoms with E-state index < -0.39 is 11.4 Å². The average molecular weight is 222 g/mol. The van der Waals surface area contributed by atoms with Crippen molar-refractivity contribution in [3.63, 3.8) is 0 Å². The minimum absolute atomic E-state index is 0.0789. The molecule has 0 aliphatic carbocycles. The predicted molar refractivity (Wildman–Crippen MR) is 63.1 cm³/mol. The van der Waals surface area contributed by atoms with Crippen LogP contribution in [0.2, 0.25) is 0 Å². The van der Waals surface area contributed by atoms with Gasteiger partial charge in [-0.2, -0.15) is 0 Å². The van der Waals surface area contributed by atoms with Gasteiger partial charge in [0.05, 0.1) is 0 Å². The number of carbonyl (C=O) groups is 1. The van der Waals surface area contributed by atoms with Crippen LogP contribution in [0.4, 0.5) is 0 Å². The molecule has 4 N–H and O–H groups in total. The van der Waals surface area contributed by atoms with Gasteiger partial charge in [0.25, 0.3) is 0 Å². The van der Waals surface area contributed by atoms with Gasteiger partial charge in [-0.25, -0.2) is 0 Å². The van der Waals surface area contributed by atoms with E-state index in [1.165, 1.54) is 5.56 Å². The second-order valence-corrected chi connectivity index (χ2v) is 4.07. The number of benzene rings is 1. The van der Waals surface area contributed by atoms with Crippen LogP contribution in [-0.4, -0.2) is 18.1 Å². The summed E-state index contributed by atoms with van der Waals surface area (Å²) < 4.78 is 5.45. The molecule has 0 aliphatic heterocycles. The summed E-state index contributed by atoms with van der Waals surface area (Å²) in [6.07, 6.45) is 0.937. The fraction of sp³-hybridized carbons (Fsp3) is 0.417. The molecule has 1 rings (SSSR count). The molecule has 0 spiro atoms. The van der Waals surface area contributed by atoms with Crippen molar-refractivity contribution in [2.24, 2.45) is 11.5 Å². The van der Waals surface area contributed by atoms with E-state index in [4.69, 9.17) is 16.2 Å². The maximum absolute atomic E-state index is 11.0. The van der Waals surface area contributed by atoms with Crippen LogP contribution in [0.15, 0.2) is 24.3 Å². The molecule has 4 nitrogen and oxygen atoms in total. The van der Waals surface area contributed by atoms with Crippen molar-refractivity contribution in [2.75, 3.05) is 6.61 Å². The lowest BCUT2D eigenvalue weighted by atomic mass is 10.1. The molecule has 1 aromatic rings. The molecular weight excluding hydrogens is 204 g/mol. The Morgan fingerprint density at radius 2 is 2.19 bits per heavy atom. The maximum atomic E-state index is 11.0. The quantitative estimate of drug-likeness (QED) is 0.774. The summed E-state index contributed by atoms with van der Waals surface area (Å²) in [4.78, 5) is 11.0. The van der Waals surface area contributed by atoms with Crippen LogP contribution >= 0.6 is 0 Å². The predicted octanol–water partition coefficient (Wildman–Crippen LogP) is 0.831. The molecule has 0 saturated carbocycles. The molecule has 1 unspecified atom stereocenters. The molecule has 1 atom stereocenters. The van der Waals surface area contributed by atoms with E-state index in [-0.39, 0.29) is 6.61 Å². The minimum Gasteiger partial charge on any atom is -0.491 e. The number of hydrogen-bond acceptors (Lipinski definition) is 3. The van der Waals surface area contributed by atoms with Gasteiger partial charge in [-0.15, -0.1) is 0 Å². The van der Waals surface area contributed by atoms with Gasteiger partial charge in [0.2, 0.25) is 5.91 Å². The molecule has 0 saturated heterocycles. The molecule has 0 bridgehead atoms. The third-order valence-electron chi connectivity index (χ3n) is 2.41. The Morgan fingerprint density at radius 3 is 2.75 bits per heavy atom. The normalized spacial score (nSPS) is 14.2. The van der Waals surface area contributed by atoms with Gasteiger partial charge < -0.3 is 16.2 Å². The Labute approximate surface area is 95.6 Å². The van der Waals surface area contributed by atoms with Crippen molar-refractivity contribution in [1.82, 2.24) is 0 Å². The Bertz CT molecular complexity index is 375. The molecule has 0 radical (unpaired) electrons. The molecule has 0 aromatic heterocycles. The number of rotatable bonds is 5. The Hall–Kier alpha value is -1.55. The number of carbonyl (C=O) groups excluding carboxylic acids is 1. The second-order valence-electron chi connectivity index (χ2n) is 4.07. The number of hydrogen-bond donors (Lipinski definition) is 2. The summed E-state index contributed by atoms with van der Waals surface area (Å²) in [6, 6.07) is 7.68. The molecule has 4 heteroatoms. The van der Waals surface area contributed by atoms with Crippen LogP contribution in [0, 0.1) is 0 Å². The average Bonchev–Trinajstić information content (AvgIpc) is 2.26. The lowest BCUT2D eigenvalue weighted by molar-refractivity contribution is -0.123. The zero-order valence-electron chi connectivity index (χ0n) is 9.69. The summed E-state index contributed by atoms with van der Waals surface area (Å²) >= 11 is 0. The van der Waals surface area contributed by atoms with Crippen molar-refractivity contribution in [3.8, 4) is 5.75 Å². The van der Waals surface area contributed by atoms with Gasteiger partial charge in [-0.3, -0.25) is 4.79 Å². The van der Waals surface area contributed by atoms with Crippen molar-refractivity contribution < 1.29 is 9.53 Å². The van der Waals surface area contributed by atoms with E-state index >= 15 is 0 Å². The van der Waals surface area contributed by atoms with Gasteiger partial charge in [0.15, 0.2) is 0 Å². The number of aryl methyl sites for hydroxylation is 1. The zero-order chi connectivity index (χ0) is 12.2. The van der Waals surface area contributed by atoms with E-state index in [0.717, 1.165) is 6.42 Å². The first-order valence-electron chi connectivity index (χ1n) is 5.26. The standard InChI is InChI=1S/C12H18N2O2/c1-3-9-5-4-6-10(7-9)16-8-12(2,14)11(13)15/h4-7H,3,8,14H2,1-2H3,(H2,13,15). The minimum atomic E-state index is -1.14. The lowest BCUT2D eigenvalue weighted by Gasteiger charge is -2.20. The monoisotopic (exact) mass is 222 g/mol. The second kappa shape index (κ2) is 4.99. The molecular formula is C12H18N2O2. The Kier molecular flexibility index (Phi) is 3.90. The molecule has 0 heterocycles. The Morgan fingerprint density at radius 1 is 1.50 bits per heavy atom. The van der Waals surface area contributed by atoms with Crippen LogP contribution in [0.25, 0.3) is 0 Å². The van der Waals surface area contributed by atoms with E-state index in [1.54, 1.807) is 6.92 Å². The van der Waals surface area contributed by atoms with Gasteiger partial charge in [-0.05, 0) is 31.0 Å². The molecule has 16 heavy (non-hydrogen) atoms. The maximum Gasteiger partial charge on any atom is 0.240 e. The third-order valence-corrected chi connectivity index (χ3v) is 2.41. The van der Waals surface area contributed by atoms with E-state index in [1.807, 2.05) is 24.3 Å². The molecule has 88 valence electrons. The van der Waals surface area contributed by atoms with E-state index in [9.17, 15) is 4.79 Å². The van der Waals surface area contributed by atoms with Crippen molar-refractivity contribution >= 4 is 5.91 Å². The summed E-state index contributed by atoms with van der Waals surface area (Å²) in [6.45, 7) is 3.70. The topological polar surface area (TPSA) is 78.3 Å². The highest BCUT2D eigenvalue weighted by Crippen LogP contribution is 2.15. The first-order chi connectivity index (χ1) is 7.45. The van der Waals surface area contributed by atoms with Crippen molar-refractivity contribution in [2.45, 2.75) is 25.8 Å². The number of amides is 1. The van der Waals surface area contributed by atoms with Gasteiger partial charge >= 0.3 is 0 Å². The summed E-state index contributed by atoms with van der Waals surface area (Å²) in [5.41, 5.74) is 10.9. The van der Waals surface area contributed by atoms with Crippen LogP contribution in [0.5, 0.6) is 5.75 Å². The smallest absolute Gasteiger partial charge is 0.240 e. The number of primary amides is 1. The van der Waals surface area contributed by atoms with E-state index in [2.05, 4.69) is 6.92 Å². The van der Waals surface area contributed by atoms with Gasteiger partial charge in [0, 0.05) is 0 Å². The summed E-state index contributed by atoms with van der Waals surface area (Å²) in [5.74, 6) is 0.136. The fourth-order valence-corrected chi connectivity index (χ4v) is 1.16. The van der Waals surface area contributed by atoms with Crippen molar-refractivity contribution in [1.29, 1.82) is 0 Å². The number of nitrogens with two attached hydrogens (primary N) is 2. The third kappa shape index (κ3) is 3.24. The van der Waals surface area contributed by atoms with Crippen LogP contribution in [0.3, 0.4) is 0 Å². The first kappa shape index (κ1) is 12.5. The molecule has 0 aliphatic rings. The zero-order valence-corrected chi connectivity index (χ0v) is 9.69. The Balaban J connectivity index is 2.64. The summed E-state index contributed by atoms with van der Waals surface area (Å²) in [7, 11) is 0. The van der Waals surface area contributed by atoms with Crippen LogP contribution in [0.1, 0.15) is 19.4 Å². The molecule has 1 amide bonds. The number of ether oxygens (including phenoxy) is 1. The highest BCUT2D eigenvalue weighted by Gasteiger charge is 2.26. The van der Waals surface area contributed by atoms with Crippen LogP contribution < -0.4 is 16.2 Å². The SMILES string of the molecule is CCc1cccc(OCC(C)(N)C(N)=O)c1. The first-order valence-corrected chi connectivity index (χ1v) is 5.26. The molecule has 1 aromatic carbocycles. The summed E-state index contributed by atoms with van der Waals surface area (Å²) in [5, 5.41) is 0. The lowest BCUT2D eigenvalue weighted by Crippen LogP contribution is -2.53.